The first-order valence-corrected chi connectivity index (χ1v) is 6.03. The Kier molecular flexibility index (Phi) is 5.19. The molecular formula is C13H20O4. The Bertz CT molecular complexity index is 324. The van der Waals surface area contributed by atoms with Crippen molar-refractivity contribution in [2.75, 3.05) is 7.11 Å². The molecule has 1 aliphatic carbocycles. The van der Waals surface area contributed by atoms with Crippen LogP contribution in [0, 0.1) is 5.92 Å². The summed E-state index contributed by atoms with van der Waals surface area (Å²) in [4.78, 5) is 22.6. The highest BCUT2D eigenvalue weighted by molar-refractivity contribution is 5.88. The van der Waals surface area contributed by atoms with E-state index >= 15 is 0 Å². The van der Waals surface area contributed by atoms with E-state index in [1.807, 2.05) is 0 Å². The van der Waals surface area contributed by atoms with Crippen LogP contribution in [0.3, 0.4) is 0 Å². The zero-order valence-corrected chi connectivity index (χ0v) is 10.7. The monoisotopic (exact) mass is 240 g/mol. The summed E-state index contributed by atoms with van der Waals surface area (Å²) in [6.07, 6.45) is 5.38. The van der Waals surface area contributed by atoms with Crippen LogP contribution in [0.25, 0.3) is 0 Å². The van der Waals surface area contributed by atoms with E-state index in [1.54, 1.807) is 6.92 Å². The molecule has 4 nitrogen and oxygen atoms in total. The van der Waals surface area contributed by atoms with Crippen molar-refractivity contribution in [2.24, 2.45) is 5.92 Å². The molecule has 1 saturated carbocycles. The molecular weight excluding hydrogens is 220 g/mol. The zero-order valence-electron chi connectivity index (χ0n) is 10.7. The Balaban J connectivity index is 2.92. The van der Waals surface area contributed by atoms with E-state index in [-0.39, 0.29) is 11.9 Å². The fourth-order valence-corrected chi connectivity index (χ4v) is 2.24. The van der Waals surface area contributed by atoms with Gasteiger partial charge in [-0.25, -0.2) is 4.79 Å². The molecule has 0 aromatic rings. The SMILES string of the molecule is COC(=O)C(C)=C(OC(C)=O)C1CCCCC1. The number of ether oxygens (including phenoxy) is 2. The van der Waals surface area contributed by atoms with Gasteiger partial charge in [0.05, 0.1) is 12.7 Å². The van der Waals surface area contributed by atoms with Crippen molar-refractivity contribution in [1.82, 2.24) is 0 Å². The third-order valence-electron chi connectivity index (χ3n) is 3.09. The van der Waals surface area contributed by atoms with E-state index in [0.717, 1.165) is 25.7 Å². The van der Waals surface area contributed by atoms with Crippen LogP contribution in [0.15, 0.2) is 11.3 Å². The summed E-state index contributed by atoms with van der Waals surface area (Å²) < 4.78 is 9.89. The van der Waals surface area contributed by atoms with Crippen molar-refractivity contribution in [3.8, 4) is 0 Å². The Labute approximate surface area is 102 Å². The molecule has 0 N–H and O–H groups in total. The molecule has 0 atom stereocenters. The summed E-state index contributed by atoms with van der Waals surface area (Å²) in [7, 11) is 1.33. The molecule has 1 fully saturated rings. The maximum Gasteiger partial charge on any atom is 0.336 e. The number of allylic oxidation sites excluding steroid dienone is 1. The van der Waals surface area contributed by atoms with Crippen LogP contribution in [0.1, 0.15) is 46.0 Å². The van der Waals surface area contributed by atoms with E-state index in [9.17, 15) is 9.59 Å². The second kappa shape index (κ2) is 6.42. The van der Waals surface area contributed by atoms with Gasteiger partial charge in [-0.15, -0.1) is 0 Å². The molecule has 1 aliphatic rings. The van der Waals surface area contributed by atoms with Crippen molar-refractivity contribution in [3.63, 3.8) is 0 Å². The van der Waals surface area contributed by atoms with Crippen LogP contribution in [0.5, 0.6) is 0 Å². The number of methoxy groups -OCH3 is 1. The Morgan fingerprint density at radius 2 is 1.65 bits per heavy atom. The highest BCUT2D eigenvalue weighted by Crippen LogP contribution is 2.32. The molecule has 0 aliphatic heterocycles. The van der Waals surface area contributed by atoms with Gasteiger partial charge in [-0.2, -0.15) is 0 Å². The number of rotatable bonds is 3. The molecule has 0 radical (unpaired) electrons. The van der Waals surface area contributed by atoms with Crippen LogP contribution in [-0.4, -0.2) is 19.0 Å². The summed E-state index contributed by atoms with van der Waals surface area (Å²) in [6, 6.07) is 0. The minimum atomic E-state index is -0.424. The lowest BCUT2D eigenvalue weighted by Gasteiger charge is -2.24. The van der Waals surface area contributed by atoms with Crippen molar-refractivity contribution in [1.29, 1.82) is 0 Å². The lowest BCUT2D eigenvalue weighted by Crippen LogP contribution is -2.18. The van der Waals surface area contributed by atoms with E-state index in [4.69, 9.17) is 4.74 Å². The van der Waals surface area contributed by atoms with Gasteiger partial charge in [0.25, 0.3) is 0 Å². The van der Waals surface area contributed by atoms with Gasteiger partial charge in [0.15, 0.2) is 0 Å². The molecule has 4 heteroatoms. The number of hydrogen-bond acceptors (Lipinski definition) is 4. The van der Waals surface area contributed by atoms with E-state index in [1.165, 1.54) is 20.5 Å². The third-order valence-corrected chi connectivity index (χ3v) is 3.09. The topological polar surface area (TPSA) is 52.6 Å². The summed E-state index contributed by atoms with van der Waals surface area (Å²) in [6.45, 7) is 3.01. The van der Waals surface area contributed by atoms with Crippen molar-refractivity contribution in [2.45, 2.75) is 46.0 Å². The number of esters is 2. The highest BCUT2D eigenvalue weighted by atomic mass is 16.5. The van der Waals surface area contributed by atoms with Crippen molar-refractivity contribution >= 4 is 11.9 Å². The Hall–Kier alpha value is -1.32. The summed E-state index contributed by atoms with van der Waals surface area (Å²) in [5.74, 6) is -0.128. The van der Waals surface area contributed by atoms with Gasteiger partial charge < -0.3 is 9.47 Å². The van der Waals surface area contributed by atoms with Crippen LogP contribution in [0.2, 0.25) is 0 Å². The zero-order chi connectivity index (χ0) is 12.8. The lowest BCUT2D eigenvalue weighted by molar-refractivity contribution is -0.139. The van der Waals surface area contributed by atoms with Gasteiger partial charge in [0.2, 0.25) is 0 Å². The quantitative estimate of drug-likeness (QED) is 0.432. The lowest BCUT2D eigenvalue weighted by atomic mass is 9.86. The molecule has 1 rings (SSSR count). The Morgan fingerprint density at radius 1 is 1.06 bits per heavy atom. The number of hydrogen-bond donors (Lipinski definition) is 0. The molecule has 0 spiro atoms. The summed E-state index contributed by atoms with van der Waals surface area (Å²) in [5, 5.41) is 0. The van der Waals surface area contributed by atoms with Crippen LogP contribution in [0.4, 0.5) is 0 Å². The van der Waals surface area contributed by atoms with Crippen molar-refractivity contribution in [3.05, 3.63) is 11.3 Å². The third kappa shape index (κ3) is 3.88. The van der Waals surface area contributed by atoms with Crippen LogP contribution < -0.4 is 0 Å². The first kappa shape index (κ1) is 13.7. The van der Waals surface area contributed by atoms with Crippen LogP contribution >= 0.6 is 0 Å². The molecule has 0 unspecified atom stereocenters. The van der Waals surface area contributed by atoms with Crippen molar-refractivity contribution < 1.29 is 19.1 Å². The first-order chi connectivity index (χ1) is 8.06. The fourth-order valence-electron chi connectivity index (χ4n) is 2.24. The van der Waals surface area contributed by atoms with Gasteiger partial charge in [0, 0.05) is 12.8 Å². The van der Waals surface area contributed by atoms with E-state index < -0.39 is 5.97 Å². The highest BCUT2D eigenvalue weighted by Gasteiger charge is 2.25. The van der Waals surface area contributed by atoms with Gasteiger partial charge in [-0.1, -0.05) is 19.3 Å². The van der Waals surface area contributed by atoms with E-state index in [2.05, 4.69) is 4.74 Å². The average Bonchev–Trinajstić information content (AvgIpc) is 2.35. The molecule has 0 aromatic carbocycles. The summed E-state index contributed by atoms with van der Waals surface area (Å²) in [5.41, 5.74) is 0.412. The summed E-state index contributed by atoms with van der Waals surface area (Å²) >= 11 is 0. The molecule has 0 amide bonds. The largest absolute Gasteiger partial charge is 0.466 e. The van der Waals surface area contributed by atoms with Gasteiger partial charge >= 0.3 is 11.9 Å². The predicted molar refractivity (Wildman–Crippen MR) is 63.1 cm³/mol. The maximum atomic E-state index is 11.5. The molecule has 0 saturated heterocycles. The van der Waals surface area contributed by atoms with Gasteiger partial charge in [-0.3, -0.25) is 4.79 Å². The molecule has 17 heavy (non-hydrogen) atoms. The van der Waals surface area contributed by atoms with Crippen LogP contribution in [-0.2, 0) is 19.1 Å². The normalized spacial score (nSPS) is 18.3. The fraction of sp³-hybridized carbons (Fsp3) is 0.692. The number of carbonyl (C=O) groups is 2. The van der Waals surface area contributed by atoms with E-state index in [0.29, 0.717) is 11.3 Å². The second-order valence-corrected chi connectivity index (χ2v) is 4.41. The van der Waals surface area contributed by atoms with Gasteiger partial charge in [0.1, 0.15) is 5.76 Å². The molecule has 0 heterocycles. The first-order valence-electron chi connectivity index (χ1n) is 6.03. The smallest absolute Gasteiger partial charge is 0.336 e. The predicted octanol–water partition coefficient (Wildman–Crippen LogP) is 2.58. The second-order valence-electron chi connectivity index (χ2n) is 4.41. The number of carbonyl (C=O) groups excluding carboxylic acids is 2. The standard InChI is InChI=1S/C13H20O4/c1-9(13(15)16-3)12(17-10(2)14)11-7-5-4-6-8-11/h11H,4-8H2,1-3H3. The minimum absolute atomic E-state index is 0.173. The minimum Gasteiger partial charge on any atom is -0.466 e. The van der Waals surface area contributed by atoms with Gasteiger partial charge in [-0.05, 0) is 19.8 Å². The molecule has 96 valence electrons. The Morgan fingerprint density at radius 3 is 2.12 bits per heavy atom. The molecule has 0 bridgehead atoms. The average molecular weight is 240 g/mol. The maximum absolute atomic E-state index is 11.5. The molecule has 0 aromatic heterocycles.